The summed E-state index contributed by atoms with van der Waals surface area (Å²) >= 11 is 3.43. The molecule has 0 atom stereocenters. The van der Waals surface area contributed by atoms with Crippen LogP contribution in [0, 0.1) is 13.8 Å². The first kappa shape index (κ1) is 20.9. The van der Waals surface area contributed by atoms with Gasteiger partial charge in [0.2, 0.25) is 0 Å². The average molecular weight is 480 g/mol. The van der Waals surface area contributed by atoms with E-state index >= 15 is 0 Å². The lowest BCUT2D eigenvalue weighted by atomic mass is 10.1. The van der Waals surface area contributed by atoms with Crippen LogP contribution < -0.4 is 10.1 Å². The number of carbonyl (C=O) groups is 1. The molecule has 0 spiro atoms. The third-order valence-corrected chi connectivity index (χ3v) is 5.33. The molecule has 1 N–H and O–H groups in total. The van der Waals surface area contributed by atoms with E-state index in [0.29, 0.717) is 18.0 Å². The molecule has 0 bridgehead atoms. The molecular weight excluding hydrogens is 458 g/mol. The number of aryl methyl sites for hydroxylation is 2. The number of benzene rings is 2. The number of aromatic nitrogens is 2. The number of rotatable bonds is 7. The maximum absolute atomic E-state index is 12.5. The van der Waals surface area contributed by atoms with E-state index in [9.17, 15) is 4.79 Å². The molecular formula is C24H22BrN3O3. The number of para-hydroxylation sites is 1. The van der Waals surface area contributed by atoms with Crippen LogP contribution in [0.5, 0.6) is 5.75 Å². The van der Waals surface area contributed by atoms with Crippen molar-refractivity contribution in [2.45, 2.75) is 27.0 Å². The van der Waals surface area contributed by atoms with Crippen LogP contribution in [-0.4, -0.2) is 15.7 Å². The van der Waals surface area contributed by atoms with Gasteiger partial charge >= 0.3 is 0 Å². The van der Waals surface area contributed by atoms with Crippen molar-refractivity contribution in [3.63, 3.8) is 0 Å². The summed E-state index contributed by atoms with van der Waals surface area (Å²) in [6, 6.07) is 17.4. The highest BCUT2D eigenvalue weighted by atomic mass is 79.9. The number of amides is 1. The Hall–Kier alpha value is -3.32. The van der Waals surface area contributed by atoms with E-state index in [-0.39, 0.29) is 18.3 Å². The number of nitrogens with zero attached hydrogens (tertiary/aromatic N) is 2. The summed E-state index contributed by atoms with van der Waals surface area (Å²) in [4.78, 5) is 12.5. The largest absolute Gasteiger partial charge is 0.485 e. The fourth-order valence-corrected chi connectivity index (χ4v) is 3.50. The summed E-state index contributed by atoms with van der Waals surface area (Å²) in [7, 11) is 0. The second kappa shape index (κ2) is 9.22. The molecule has 31 heavy (non-hydrogen) atoms. The molecule has 2 aromatic heterocycles. The van der Waals surface area contributed by atoms with Gasteiger partial charge in [-0.2, -0.15) is 5.10 Å². The van der Waals surface area contributed by atoms with E-state index in [2.05, 4.69) is 26.3 Å². The zero-order chi connectivity index (χ0) is 21.8. The Morgan fingerprint density at radius 1 is 1.10 bits per heavy atom. The quantitative estimate of drug-likeness (QED) is 0.367. The summed E-state index contributed by atoms with van der Waals surface area (Å²) < 4.78 is 14.4. The standard InChI is InChI=1S/C24H22BrN3O3/c1-16-4-3-5-17(2)23(16)30-15-21-10-11-22(31-21)24(29)27-20-12-26-28(14-20)13-18-6-8-19(25)9-7-18/h3-12,14H,13,15H2,1-2H3,(H,27,29). The third-order valence-electron chi connectivity index (χ3n) is 4.80. The molecule has 0 unspecified atom stereocenters. The van der Waals surface area contributed by atoms with Crippen LogP contribution in [0.3, 0.4) is 0 Å². The van der Waals surface area contributed by atoms with Crippen molar-refractivity contribution < 1.29 is 13.9 Å². The average Bonchev–Trinajstić information content (AvgIpc) is 3.39. The maximum Gasteiger partial charge on any atom is 0.291 e. The van der Waals surface area contributed by atoms with Gasteiger partial charge in [0.1, 0.15) is 18.1 Å². The van der Waals surface area contributed by atoms with Gasteiger partial charge in [0.05, 0.1) is 18.4 Å². The first-order valence-electron chi connectivity index (χ1n) is 9.84. The molecule has 158 valence electrons. The molecule has 4 aromatic rings. The zero-order valence-corrected chi connectivity index (χ0v) is 18.8. The van der Waals surface area contributed by atoms with Crippen molar-refractivity contribution in [3.05, 3.63) is 99.7 Å². The topological polar surface area (TPSA) is 69.3 Å². The SMILES string of the molecule is Cc1cccc(C)c1OCc1ccc(C(=O)Nc2cnn(Cc3ccc(Br)cc3)c2)o1. The molecule has 0 radical (unpaired) electrons. The number of hydrogen-bond donors (Lipinski definition) is 1. The Bertz CT molecular complexity index is 1170. The van der Waals surface area contributed by atoms with Crippen LogP contribution >= 0.6 is 15.9 Å². The minimum Gasteiger partial charge on any atom is -0.485 e. The number of carbonyl (C=O) groups excluding carboxylic acids is 1. The van der Waals surface area contributed by atoms with Gasteiger partial charge in [0.15, 0.2) is 5.76 Å². The monoisotopic (exact) mass is 479 g/mol. The molecule has 0 fully saturated rings. The minimum atomic E-state index is -0.332. The molecule has 7 heteroatoms. The summed E-state index contributed by atoms with van der Waals surface area (Å²) in [6.07, 6.45) is 3.40. The Balaban J connectivity index is 1.35. The van der Waals surface area contributed by atoms with E-state index < -0.39 is 0 Å². The Kier molecular flexibility index (Phi) is 6.23. The smallest absolute Gasteiger partial charge is 0.291 e. The fraction of sp³-hybridized carbons (Fsp3) is 0.167. The predicted molar refractivity (Wildman–Crippen MR) is 122 cm³/mol. The zero-order valence-electron chi connectivity index (χ0n) is 17.3. The van der Waals surface area contributed by atoms with Gasteiger partial charge in [-0.25, -0.2) is 0 Å². The molecule has 2 heterocycles. The van der Waals surface area contributed by atoms with Gasteiger partial charge in [0.25, 0.3) is 5.91 Å². The van der Waals surface area contributed by atoms with Crippen molar-refractivity contribution >= 4 is 27.5 Å². The highest BCUT2D eigenvalue weighted by Gasteiger charge is 2.14. The molecule has 4 rings (SSSR count). The van der Waals surface area contributed by atoms with Crippen LogP contribution in [0.1, 0.15) is 33.0 Å². The lowest BCUT2D eigenvalue weighted by Crippen LogP contribution is -2.10. The molecule has 1 amide bonds. The summed E-state index contributed by atoms with van der Waals surface area (Å²) in [5.41, 5.74) is 3.84. The molecule has 0 aliphatic heterocycles. The van der Waals surface area contributed by atoms with Crippen molar-refractivity contribution in [1.29, 1.82) is 0 Å². The fourth-order valence-electron chi connectivity index (χ4n) is 3.23. The van der Waals surface area contributed by atoms with Crippen LogP contribution in [-0.2, 0) is 13.2 Å². The third kappa shape index (κ3) is 5.24. The Morgan fingerprint density at radius 3 is 2.58 bits per heavy atom. The number of hydrogen-bond acceptors (Lipinski definition) is 4. The molecule has 6 nitrogen and oxygen atoms in total. The van der Waals surface area contributed by atoms with E-state index in [1.54, 1.807) is 29.2 Å². The number of anilines is 1. The lowest BCUT2D eigenvalue weighted by Gasteiger charge is -2.10. The first-order valence-corrected chi connectivity index (χ1v) is 10.6. The number of ether oxygens (including phenoxy) is 1. The van der Waals surface area contributed by atoms with Gasteiger partial charge in [-0.15, -0.1) is 0 Å². The van der Waals surface area contributed by atoms with Gasteiger partial charge < -0.3 is 14.5 Å². The molecule has 0 aliphatic rings. The van der Waals surface area contributed by atoms with Crippen LogP contribution in [0.2, 0.25) is 0 Å². The lowest BCUT2D eigenvalue weighted by molar-refractivity contribution is 0.0992. The van der Waals surface area contributed by atoms with Crippen molar-refractivity contribution in [2.24, 2.45) is 0 Å². The van der Waals surface area contributed by atoms with Crippen molar-refractivity contribution in [2.75, 3.05) is 5.32 Å². The van der Waals surface area contributed by atoms with Gasteiger partial charge in [-0.05, 0) is 54.8 Å². The normalized spacial score (nSPS) is 10.8. The molecule has 0 saturated carbocycles. The molecule has 0 saturated heterocycles. The van der Waals surface area contributed by atoms with Gasteiger partial charge in [-0.1, -0.05) is 46.3 Å². The second-order valence-corrected chi connectivity index (χ2v) is 8.20. The van der Waals surface area contributed by atoms with Crippen molar-refractivity contribution in [1.82, 2.24) is 9.78 Å². The van der Waals surface area contributed by atoms with Crippen LogP contribution in [0.4, 0.5) is 5.69 Å². The maximum atomic E-state index is 12.5. The van der Waals surface area contributed by atoms with E-state index in [4.69, 9.17) is 9.15 Å². The van der Waals surface area contributed by atoms with E-state index in [0.717, 1.165) is 26.9 Å². The van der Waals surface area contributed by atoms with Gasteiger partial charge in [0, 0.05) is 10.7 Å². The molecule has 2 aromatic carbocycles. The minimum absolute atomic E-state index is 0.223. The van der Waals surface area contributed by atoms with Crippen molar-refractivity contribution in [3.8, 4) is 5.75 Å². The summed E-state index contributed by atoms with van der Waals surface area (Å²) in [5.74, 6) is 1.31. The predicted octanol–water partition coefficient (Wildman–Crippen LogP) is 5.74. The summed E-state index contributed by atoms with van der Waals surface area (Å²) in [6.45, 7) is 4.87. The van der Waals surface area contributed by atoms with Gasteiger partial charge in [-0.3, -0.25) is 9.48 Å². The highest BCUT2D eigenvalue weighted by Crippen LogP contribution is 2.24. The number of furan rings is 1. The number of halogens is 1. The van der Waals surface area contributed by atoms with E-state index in [1.807, 2.05) is 56.3 Å². The highest BCUT2D eigenvalue weighted by molar-refractivity contribution is 9.10. The Labute approximate surface area is 189 Å². The van der Waals surface area contributed by atoms with Crippen LogP contribution in [0.25, 0.3) is 0 Å². The first-order chi connectivity index (χ1) is 15.0. The second-order valence-electron chi connectivity index (χ2n) is 7.28. The van der Waals surface area contributed by atoms with E-state index in [1.165, 1.54) is 0 Å². The molecule has 0 aliphatic carbocycles. The Morgan fingerprint density at radius 2 is 1.84 bits per heavy atom. The summed E-state index contributed by atoms with van der Waals surface area (Å²) in [5, 5.41) is 7.12. The van der Waals surface area contributed by atoms with Crippen LogP contribution in [0.15, 0.2) is 75.9 Å². The number of nitrogens with one attached hydrogen (secondary N) is 1.